The van der Waals surface area contributed by atoms with Crippen LogP contribution in [-0.2, 0) is 12.8 Å². The summed E-state index contributed by atoms with van der Waals surface area (Å²) >= 11 is 0. The van der Waals surface area contributed by atoms with Gasteiger partial charge in [0.05, 0.1) is 0 Å². The minimum Gasteiger partial charge on any atom is -0.339 e. The number of nitrogens with one attached hydrogen (secondary N) is 1. The van der Waals surface area contributed by atoms with Crippen molar-refractivity contribution in [3.8, 4) is 0 Å². The molecule has 1 N–H and O–H groups in total. The summed E-state index contributed by atoms with van der Waals surface area (Å²) in [5, 5.41) is 7.46. The Kier molecular flexibility index (Phi) is 3.83. The number of nitrogens with zero attached hydrogens (tertiary/aromatic N) is 3. The van der Waals surface area contributed by atoms with E-state index in [1.54, 1.807) is 0 Å². The number of aromatic nitrogens is 3. The van der Waals surface area contributed by atoms with E-state index >= 15 is 0 Å². The third-order valence-electron chi connectivity index (χ3n) is 3.51. The number of piperidine rings is 1. The first kappa shape index (κ1) is 12.3. The average Bonchev–Trinajstić information content (AvgIpc) is 2.96. The molecule has 0 spiro atoms. The molecule has 2 aromatic heterocycles. The Labute approximate surface area is 112 Å². The van der Waals surface area contributed by atoms with Crippen molar-refractivity contribution in [3.63, 3.8) is 0 Å². The van der Waals surface area contributed by atoms with Gasteiger partial charge in [-0.3, -0.25) is 4.98 Å². The monoisotopic (exact) mass is 258 g/mol. The molecule has 0 bridgehead atoms. The predicted octanol–water partition coefficient (Wildman–Crippen LogP) is 1.72. The first-order valence-electron chi connectivity index (χ1n) is 6.85. The molecule has 0 radical (unpaired) electrons. The Balaban J connectivity index is 1.58. The highest BCUT2D eigenvalue weighted by Crippen LogP contribution is 2.22. The van der Waals surface area contributed by atoms with E-state index in [-0.39, 0.29) is 0 Å². The van der Waals surface area contributed by atoms with Crippen LogP contribution in [0.25, 0.3) is 0 Å². The van der Waals surface area contributed by atoms with Crippen molar-refractivity contribution in [1.82, 2.24) is 20.4 Å². The lowest BCUT2D eigenvalue weighted by atomic mass is 9.98. The highest BCUT2D eigenvalue weighted by molar-refractivity contribution is 5.05. The Bertz CT molecular complexity index is 505. The van der Waals surface area contributed by atoms with Gasteiger partial charge in [-0.2, -0.15) is 4.98 Å². The van der Waals surface area contributed by atoms with Gasteiger partial charge in [0.25, 0.3) is 0 Å². The molecule has 2 aromatic rings. The Hall–Kier alpha value is -1.75. The van der Waals surface area contributed by atoms with Crippen molar-refractivity contribution in [2.75, 3.05) is 13.1 Å². The molecule has 1 aliphatic rings. The van der Waals surface area contributed by atoms with Crippen LogP contribution in [-0.4, -0.2) is 28.2 Å². The Morgan fingerprint density at radius 3 is 2.89 bits per heavy atom. The predicted molar refractivity (Wildman–Crippen MR) is 70.8 cm³/mol. The van der Waals surface area contributed by atoms with Crippen molar-refractivity contribution >= 4 is 0 Å². The molecular formula is C14H18N4O. The molecule has 100 valence electrons. The molecule has 5 nitrogen and oxygen atoms in total. The molecule has 5 heteroatoms. The molecule has 0 unspecified atom stereocenters. The quantitative estimate of drug-likeness (QED) is 0.904. The molecule has 19 heavy (non-hydrogen) atoms. The summed E-state index contributed by atoms with van der Waals surface area (Å²) in [7, 11) is 0. The standard InChI is InChI=1S/C14H18N4O/c1-2-8-16-12(3-1)4-5-13-17-14(18-19-13)11-6-9-15-10-7-11/h1-3,8,11,15H,4-7,9-10H2. The van der Waals surface area contributed by atoms with Crippen molar-refractivity contribution in [2.45, 2.75) is 31.6 Å². The molecule has 1 fully saturated rings. The topological polar surface area (TPSA) is 63.8 Å². The van der Waals surface area contributed by atoms with Crippen LogP contribution in [0.2, 0.25) is 0 Å². The second-order valence-corrected chi connectivity index (χ2v) is 4.89. The van der Waals surface area contributed by atoms with Gasteiger partial charge in [-0.1, -0.05) is 11.2 Å². The molecule has 3 rings (SSSR count). The number of rotatable bonds is 4. The Morgan fingerprint density at radius 2 is 2.11 bits per heavy atom. The maximum absolute atomic E-state index is 5.33. The summed E-state index contributed by atoms with van der Waals surface area (Å²) < 4.78 is 5.33. The minimum atomic E-state index is 0.452. The van der Waals surface area contributed by atoms with Gasteiger partial charge >= 0.3 is 0 Å². The molecule has 0 saturated carbocycles. The van der Waals surface area contributed by atoms with E-state index < -0.39 is 0 Å². The largest absolute Gasteiger partial charge is 0.339 e. The number of aryl methyl sites for hydroxylation is 2. The molecule has 3 heterocycles. The highest BCUT2D eigenvalue weighted by Gasteiger charge is 2.20. The highest BCUT2D eigenvalue weighted by atomic mass is 16.5. The summed E-state index contributed by atoms with van der Waals surface area (Å²) in [6, 6.07) is 5.94. The van der Waals surface area contributed by atoms with Gasteiger partial charge in [0.1, 0.15) is 0 Å². The zero-order valence-electron chi connectivity index (χ0n) is 10.9. The number of pyridine rings is 1. The van der Waals surface area contributed by atoms with Gasteiger partial charge < -0.3 is 9.84 Å². The van der Waals surface area contributed by atoms with Crippen molar-refractivity contribution in [2.24, 2.45) is 0 Å². The third-order valence-corrected chi connectivity index (χ3v) is 3.51. The SMILES string of the molecule is c1ccc(CCc2nc(C3CCNCC3)no2)nc1. The van der Waals surface area contributed by atoms with Gasteiger partial charge in [0.15, 0.2) is 5.82 Å². The van der Waals surface area contributed by atoms with Crippen LogP contribution >= 0.6 is 0 Å². The third kappa shape index (κ3) is 3.17. The average molecular weight is 258 g/mol. The second-order valence-electron chi connectivity index (χ2n) is 4.89. The minimum absolute atomic E-state index is 0.452. The van der Waals surface area contributed by atoms with Crippen LogP contribution in [0.5, 0.6) is 0 Å². The van der Waals surface area contributed by atoms with Crippen LogP contribution in [0, 0.1) is 0 Å². The van der Waals surface area contributed by atoms with Gasteiger partial charge in [-0.15, -0.1) is 0 Å². The summed E-state index contributed by atoms with van der Waals surface area (Å²) in [6.45, 7) is 2.09. The van der Waals surface area contributed by atoms with Gasteiger partial charge in [-0.05, 0) is 44.5 Å². The maximum atomic E-state index is 5.33. The van der Waals surface area contributed by atoms with Crippen LogP contribution in [0.4, 0.5) is 0 Å². The molecule has 0 atom stereocenters. The van der Waals surface area contributed by atoms with Crippen LogP contribution in [0.3, 0.4) is 0 Å². The van der Waals surface area contributed by atoms with E-state index in [0.717, 1.165) is 56.2 Å². The molecule has 0 amide bonds. The van der Waals surface area contributed by atoms with Gasteiger partial charge in [-0.25, -0.2) is 0 Å². The lowest BCUT2D eigenvalue weighted by molar-refractivity contribution is 0.360. The number of hydrogen-bond acceptors (Lipinski definition) is 5. The summed E-state index contributed by atoms with van der Waals surface area (Å²) in [6.07, 6.45) is 5.60. The van der Waals surface area contributed by atoms with Gasteiger partial charge in [0, 0.05) is 24.2 Å². The molecular weight excluding hydrogens is 240 g/mol. The van der Waals surface area contributed by atoms with Crippen molar-refractivity contribution < 1.29 is 4.52 Å². The molecule has 0 aliphatic carbocycles. The number of hydrogen-bond donors (Lipinski definition) is 1. The van der Waals surface area contributed by atoms with E-state index in [4.69, 9.17) is 4.52 Å². The fourth-order valence-electron chi connectivity index (χ4n) is 2.40. The maximum Gasteiger partial charge on any atom is 0.227 e. The van der Waals surface area contributed by atoms with Gasteiger partial charge in [0.2, 0.25) is 5.89 Å². The Morgan fingerprint density at radius 1 is 1.21 bits per heavy atom. The lowest BCUT2D eigenvalue weighted by Gasteiger charge is -2.18. The summed E-state index contributed by atoms with van der Waals surface area (Å²) in [5.74, 6) is 2.05. The zero-order chi connectivity index (χ0) is 12.9. The smallest absolute Gasteiger partial charge is 0.227 e. The van der Waals surface area contributed by atoms with Crippen LogP contribution in [0.1, 0.15) is 36.2 Å². The fraction of sp³-hybridized carbons (Fsp3) is 0.500. The van der Waals surface area contributed by atoms with E-state index in [0.29, 0.717) is 5.92 Å². The van der Waals surface area contributed by atoms with E-state index in [2.05, 4.69) is 20.4 Å². The van der Waals surface area contributed by atoms with E-state index in [9.17, 15) is 0 Å². The first-order valence-corrected chi connectivity index (χ1v) is 6.85. The van der Waals surface area contributed by atoms with E-state index in [1.807, 2.05) is 24.4 Å². The summed E-state index contributed by atoms with van der Waals surface area (Å²) in [4.78, 5) is 8.81. The van der Waals surface area contributed by atoms with Crippen LogP contribution in [0.15, 0.2) is 28.9 Å². The fourth-order valence-corrected chi connectivity index (χ4v) is 2.40. The first-order chi connectivity index (χ1) is 9.42. The van der Waals surface area contributed by atoms with Crippen molar-refractivity contribution in [1.29, 1.82) is 0 Å². The van der Waals surface area contributed by atoms with Crippen molar-refractivity contribution in [3.05, 3.63) is 41.8 Å². The molecule has 1 aliphatic heterocycles. The summed E-state index contributed by atoms with van der Waals surface area (Å²) in [5.41, 5.74) is 1.06. The molecule has 0 aromatic carbocycles. The zero-order valence-corrected chi connectivity index (χ0v) is 10.9. The van der Waals surface area contributed by atoms with E-state index in [1.165, 1.54) is 0 Å². The normalized spacial score (nSPS) is 16.6. The second kappa shape index (κ2) is 5.93. The lowest BCUT2D eigenvalue weighted by Crippen LogP contribution is -2.27. The van der Waals surface area contributed by atoms with Crippen LogP contribution < -0.4 is 5.32 Å². The molecule has 1 saturated heterocycles.